The minimum Gasteiger partial charge on any atom is -0.369 e. The molecule has 2 aliphatic rings. The molecule has 2 amide bonds. The molecule has 3 heterocycles. The third-order valence-electron chi connectivity index (χ3n) is 4.56. The first-order valence-corrected chi connectivity index (χ1v) is 8.55. The minimum absolute atomic E-state index is 0.0304. The summed E-state index contributed by atoms with van der Waals surface area (Å²) in [6.07, 6.45) is 5.22. The van der Waals surface area contributed by atoms with Gasteiger partial charge in [0, 0.05) is 36.0 Å². The van der Waals surface area contributed by atoms with Gasteiger partial charge < -0.3 is 10.6 Å². The van der Waals surface area contributed by atoms with Gasteiger partial charge in [-0.25, -0.2) is 0 Å². The van der Waals surface area contributed by atoms with Crippen molar-refractivity contribution in [3.8, 4) is 0 Å². The highest BCUT2D eigenvalue weighted by Gasteiger charge is 2.36. The summed E-state index contributed by atoms with van der Waals surface area (Å²) >= 11 is 1.62. The lowest BCUT2D eigenvalue weighted by Crippen LogP contribution is -2.62. The molecule has 2 aliphatic heterocycles. The van der Waals surface area contributed by atoms with Gasteiger partial charge in [-0.2, -0.15) is 0 Å². The second-order valence-corrected chi connectivity index (χ2v) is 6.94. The van der Waals surface area contributed by atoms with Gasteiger partial charge in [0.15, 0.2) is 0 Å². The number of likely N-dealkylation sites (tertiary alicyclic amines) is 2. The Kier molecular flexibility index (Phi) is 4.59. The molecule has 0 spiro atoms. The highest BCUT2D eigenvalue weighted by Crippen LogP contribution is 2.23. The van der Waals surface area contributed by atoms with Crippen molar-refractivity contribution in [1.29, 1.82) is 0 Å². The summed E-state index contributed by atoms with van der Waals surface area (Å²) in [6.45, 7) is 3.39. The minimum atomic E-state index is -0.177. The van der Waals surface area contributed by atoms with Gasteiger partial charge in [0.25, 0.3) is 0 Å². The van der Waals surface area contributed by atoms with Crippen molar-refractivity contribution in [2.45, 2.75) is 18.9 Å². The van der Waals surface area contributed by atoms with E-state index in [0.717, 1.165) is 43.9 Å². The van der Waals surface area contributed by atoms with Crippen LogP contribution in [0.5, 0.6) is 0 Å². The van der Waals surface area contributed by atoms with Crippen molar-refractivity contribution in [2.24, 2.45) is 11.7 Å². The van der Waals surface area contributed by atoms with E-state index in [1.165, 1.54) is 0 Å². The molecule has 6 heteroatoms. The number of amides is 2. The zero-order valence-electron chi connectivity index (χ0n) is 12.5. The van der Waals surface area contributed by atoms with Crippen molar-refractivity contribution in [3.05, 3.63) is 28.5 Å². The van der Waals surface area contributed by atoms with Crippen LogP contribution in [0.4, 0.5) is 0 Å². The summed E-state index contributed by atoms with van der Waals surface area (Å²) in [5.74, 6) is -0.0664. The zero-order chi connectivity index (χ0) is 15.5. The van der Waals surface area contributed by atoms with Gasteiger partial charge in [0.1, 0.15) is 0 Å². The molecule has 0 saturated carbocycles. The van der Waals surface area contributed by atoms with Gasteiger partial charge in [-0.1, -0.05) is 6.07 Å². The summed E-state index contributed by atoms with van der Waals surface area (Å²) in [5, 5.41) is 2.00. The van der Waals surface area contributed by atoms with E-state index in [4.69, 9.17) is 5.73 Å². The Bertz CT molecular complexity index is 556. The predicted molar refractivity (Wildman–Crippen MR) is 87.2 cm³/mol. The van der Waals surface area contributed by atoms with Crippen LogP contribution in [0.15, 0.2) is 23.6 Å². The Hall–Kier alpha value is -1.66. The summed E-state index contributed by atoms with van der Waals surface area (Å²) in [5.41, 5.74) is 5.35. The fourth-order valence-corrected chi connectivity index (χ4v) is 3.68. The van der Waals surface area contributed by atoms with E-state index in [9.17, 15) is 9.59 Å². The molecule has 0 radical (unpaired) electrons. The van der Waals surface area contributed by atoms with Crippen molar-refractivity contribution >= 4 is 29.2 Å². The fourth-order valence-electron chi connectivity index (χ4n) is 3.06. The summed E-state index contributed by atoms with van der Waals surface area (Å²) in [7, 11) is 0. The molecular formula is C16H21N3O2S. The molecule has 1 aromatic rings. The predicted octanol–water partition coefficient (Wildman–Crippen LogP) is 1.17. The van der Waals surface area contributed by atoms with Gasteiger partial charge in [-0.15, -0.1) is 11.3 Å². The van der Waals surface area contributed by atoms with E-state index < -0.39 is 0 Å². The number of primary amides is 1. The average molecular weight is 319 g/mol. The van der Waals surface area contributed by atoms with Crippen molar-refractivity contribution in [3.63, 3.8) is 0 Å². The molecule has 2 saturated heterocycles. The molecule has 0 aromatic carbocycles. The molecule has 0 atom stereocenters. The molecule has 0 bridgehead atoms. The van der Waals surface area contributed by atoms with E-state index in [1.807, 2.05) is 28.5 Å². The monoisotopic (exact) mass is 319 g/mol. The summed E-state index contributed by atoms with van der Waals surface area (Å²) in [4.78, 5) is 28.6. The maximum absolute atomic E-state index is 12.1. The van der Waals surface area contributed by atoms with Crippen molar-refractivity contribution in [1.82, 2.24) is 9.80 Å². The smallest absolute Gasteiger partial charge is 0.246 e. The molecule has 22 heavy (non-hydrogen) atoms. The summed E-state index contributed by atoms with van der Waals surface area (Å²) < 4.78 is 0. The molecule has 0 aliphatic carbocycles. The van der Waals surface area contributed by atoms with Gasteiger partial charge in [-0.3, -0.25) is 14.5 Å². The number of carbonyl (C=O) groups is 2. The topological polar surface area (TPSA) is 66.6 Å². The quantitative estimate of drug-likeness (QED) is 0.847. The fraction of sp³-hybridized carbons (Fsp3) is 0.500. The second kappa shape index (κ2) is 6.62. The molecule has 2 N–H and O–H groups in total. The normalized spacial score (nSPS) is 21.2. The SMILES string of the molecule is NC(=O)C1CCN(C2CN(C(=O)/C=C/c3cccs3)C2)CC1. The van der Waals surface area contributed by atoms with Gasteiger partial charge in [0.2, 0.25) is 11.8 Å². The van der Waals surface area contributed by atoms with Crippen LogP contribution < -0.4 is 5.73 Å². The highest BCUT2D eigenvalue weighted by molar-refractivity contribution is 7.10. The standard InChI is InChI=1S/C16H21N3O2S/c17-16(21)12-5-7-18(8-6-12)13-10-19(11-13)15(20)4-3-14-2-1-9-22-14/h1-4,9,12-13H,5-8,10-11H2,(H2,17,21)/b4-3+. The van der Waals surface area contributed by atoms with Crippen LogP contribution in [0.3, 0.4) is 0 Å². The van der Waals surface area contributed by atoms with Gasteiger partial charge in [-0.05, 0) is 43.5 Å². The first-order chi connectivity index (χ1) is 10.6. The first kappa shape index (κ1) is 15.2. The third-order valence-corrected chi connectivity index (χ3v) is 5.39. The molecule has 2 fully saturated rings. The van der Waals surface area contributed by atoms with E-state index in [-0.39, 0.29) is 17.7 Å². The van der Waals surface area contributed by atoms with Crippen molar-refractivity contribution in [2.75, 3.05) is 26.2 Å². The number of hydrogen-bond acceptors (Lipinski definition) is 4. The number of nitrogens with two attached hydrogens (primary N) is 1. The maximum atomic E-state index is 12.1. The van der Waals surface area contributed by atoms with Gasteiger partial charge >= 0.3 is 0 Å². The lowest BCUT2D eigenvalue weighted by atomic mass is 9.94. The Morgan fingerprint density at radius 2 is 2.00 bits per heavy atom. The zero-order valence-corrected chi connectivity index (χ0v) is 13.3. The molecular weight excluding hydrogens is 298 g/mol. The Morgan fingerprint density at radius 3 is 2.59 bits per heavy atom. The number of rotatable bonds is 4. The number of carbonyl (C=O) groups excluding carboxylic acids is 2. The molecule has 3 rings (SSSR count). The van der Waals surface area contributed by atoms with E-state index in [0.29, 0.717) is 6.04 Å². The number of piperidine rings is 1. The van der Waals surface area contributed by atoms with E-state index in [2.05, 4.69) is 4.90 Å². The largest absolute Gasteiger partial charge is 0.369 e. The van der Waals surface area contributed by atoms with E-state index in [1.54, 1.807) is 17.4 Å². The molecule has 5 nitrogen and oxygen atoms in total. The average Bonchev–Trinajstić information content (AvgIpc) is 2.97. The van der Waals surface area contributed by atoms with Crippen LogP contribution in [-0.4, -0.2) is 53.8 Å². The van der Waals surface area contributed by atoms with Crippen LogP contribution >= 0.6 is 11.3 Å². The number of nitrogens with zero attached hydrogens (tertiary/aromatic N) is 2. The van der Waals surface area contributed by atoms with Crippen molar-refractivity contribution < 1.29 is 9.59 Å². The van der Waals surface area contributed by atoms with Crippen LogP contribution in [0.2, 0.25) is 0 Å². The lowest BCUT2D eigenvalue weighted by molar-refractivity contribution is -0.133. The third kappa shape index (κ3) is 3.39. The van der Waals surface area contributed by atoms with Gasteiger partial charge in [0.05, 0.1) is 0 Å². The van der Waals surface area contributed by atoms with Crippen LogP contribution in [0, 0.1) is 5.92 Å². The molecule has 0 unspecified atom stereocenters. The molecule has 118 valence electrons. The van der Waals surface area contributed by atoms with Crippen LogP contribution in [0.1, 0.15) is 17.7 Å². The Labute approximate surface area is 134 Å². The summed E-state index contributed by atoms with van der Waals surface area (Å²) in [6, 6.07) is 4.41. The second-order valence-electron chi connectivity index (χ2n) is 5.96. The van der Waals surface area contributed by atoms with Crippen LogP contribution in [0.25, 0.3) is 6.08 Å². The highest BCUT2D eigenvalue weighted by atomic mass is 32.1. The lowest BCUT2D eigenvalue weighted by Gasteiger charge is -2.47. The Morgan fingerprint density at radius 1 is 1.27 bits per heavy atom. The maximum Gasteiger partial charge on any atom is 0.246 e. The Balaban J connectivity index is 1.42. The number of thiophene rings is 1. The van der Waals surface area contributed by atoms with Crippen LogP contribution in [-0.2, 0) is 9.59 Å². The number of hydrogen-bond donors (Lipinski definition) is 1. The molecule has 1 aromatic heterocycles. The first-order valence-electron chi connectivity index (χ1n) is 7.67. The van der Waals surface area contributed by atoms with E-state index >= 15 is 0 Å².